The van der Waals surface area contributed by atoms with Gasteiger partial charge in [0.2, 0.25) is 0 Å². The Morgan fingerprint density at radius 1 is 1.24 bits per heavy atom. The maximum atomic E-state index is 3.69. The molecule has 1 N–H and O–H groups in total. The van der Waals surface area contributed by atoms with Gasteiger partial charge in [0.1, 0.15) is 0 Å². The molecule has 0 radical (unpaired) electrons. The third-order valence-electron chi connectivity index (χ3n) is 3.76. The SMILES string of the molecule is CCC(NCCCC1CC1)c1ccc(C)cc1. The molecule has 1 fully saturated rings. The van der Waals surface area contributed by atoms with E-state index in [0.29, 0.717) is 6.04 Å². The number of hydrogen-bond donors (Lipinski definition) is 1. The smallest absolute Gasteiger partial charge is 0.0317 e. The molecule has 1 atom stereocenters. The molecule has 0 spiro atoms. The number of benzene rings is 1. The van der Waals surface area contributed by atoms with Crippen LogP contribution in [-0.2, 0) is 0 Å². The van der Waals surface area contributed by atoms with Gasteiger partial charge in [-0.05, 0) is 44.2 Å². The minimum atomic E-state index is 0.537. The summed E-state index contributed by atoms with van der Waals surface area (Å²) in [5.41, 5.74) is 2.78. The first-order valence-corrected chi connectivity index (χ1v) is 7.09. The molecule has 0 aromatic heterocycles. The van der Waals surface area contributed by atoms with Crippen molar-refractivity contribution >= 4 is 0 Å². The second-order valence-electron chi connectivity index (χ2n) is 5.41. The molecule has 1 saturated carbocycles. The van der Waals surface area contributed by atoms with Crippen molar-refractivity contribution in [3.8, 4) is 0 Å². The Morgan fingerprint density at radius 3 is 2.53 bits per heavy atom. The minimum Gasteiger partial charge on any atom is -0.310 e. The molecule has 1 nitrogen and oxygen atoms in total. The Labute approximate surface area is 106 Å². The van der Waals surface area contributed by atoms with Gasteiger partial charge in [0.05, 0.1) is 0 Å². The zero-order valence-corrected chi connectivity index (χ0v) is 11.2. The van der Waals surface area contributed by atoms with Crippen LogP contribution in [0.5, 0.6) is 0 Å². The van der Waals surface area contributed by atoms with Crippen LogP contribution >= 0.6 is 0 Å². The summed E-state index contributed by atoms with van der Waals surface area (Å²) in [4.78, 5) is 0. The van der Waals surface area contributed by atoms with E-state index in [-0.39, 0.29) is 0 Å². The van der Waals surface area contributed by atoms with Crippen molar-refractivity contribution in [2.75, 3.05) is 6.54 Å². The quantitative estimate of drug-likeness (QED) is 0.693. The second-order valence-corrected chi connectivity index (χ2v) is 5.41. The number of hydrogen-bond acceptors (Lipinski definition) is 1. The lowest BCUT2D eigenvalue weighted by atomic mass is 10.0. The summed E-state index contributed by atoms with van der Waals surface area (Å²) in [5, 5.41) is 3.69. The van der Waals surface area contributed by atoms with Crippen molar-refractivity contribution in [2.45, 2.75) is 52.0 Å². The molecule has 0 aliphatic heterocycles. The molecule has 0 amide bonds. The molecule has 2 rings (SSSR count). The molecule has 1 aliphatic rings. The van der Waals surface area contributed by atoms with Gasteiger partial charge in [-0.1, -0.05) is 49.6 Å². The van der Waals surface area contributed by atoms with Crippen LogP contribution in [0.3, 0.4) is 0 Å². The van der Waals surface area contributed by atoms with Crippen LogP contribution in [0.2, 0.25) is 0 Å². The van der Waals surface area contributed by atoms with Crippen LogP contribution in [0.25, 0.3) is 0 Å². The van der Waals surface area contributed by atoms with E-state index in [1.54, 1.807) is 0 Å². The largest absolute Gasteiger partial charge is 0.310 e. The third-order valence-corrected chi connectivity index (χ3v) is 3.76. The van der Waals surface area contributed by atoms with Crippen molar-refractivity contribution in [2.24, 2.45) is 5.92 Å². The first-order chi connectivity index (χ1) is 8.29. The molecular weight excluding hydrogens is 206 g/mol. The average molecular weight is 231 g/mol. The molecule has 1 aromatic carbocycles. The summed E-state index contributed by atoms with van der Waals surface area (Å²) in [6, 6.07) is 9.48. The molecule has 1 heteroatoms. The van der Waals surface area contributed by atoms with Gasteiger partial charge in [-0.2, -0.15) is 0 Å². The van der Waals surface area contributed by atoms with Crippen molar-refractivity contribution in [1.82, 2.24) is 5.32 Å². The van der Waals surface area contributed by atoms with Crippen LogP contribution in [0.15, 0.2) is 24.3 Å². The molecular formula is C16H25N. The Kier molecular flexibility index (Phi) is 4.61. The predicted molar refractivity (Wildman–Crippen MR) is 74.2 cm³/mol. The van der Waals surface area contributed by atoms with Crippen molar-refractivity contribution in [3.63, 3.8) is 0 Å². The summed E-state index contributed by atoms with van der Waals surface area (Å²) >= 11 is 0. The zero-order chi connectivity index (χ0) is 12.1. The van der Waals surface area contributed by atoms with Gasteiger partial charge < -0.3 is 5.32 Å². The summed E-state index contributed by atoms with van der Waals surface area (Å²) in [6.07, 6.45) is 6.90. The lowest BCUT2D eigenvalue weighted by Crippen LogP contribution is -2.21. The number of nitrogens with one attached hydrogen (secondary N) is 1. The standard InChI is InChI=1S/C16H25N/c1-3-16(15-10-6-13(2)7-11-15)17-12-4-5-14-8-9-14/h6-7,10-11,14,16-17H,3-5,8-9,12H2,1-2H3. The molecule has 17 heavy (non-hydrogen) atoms. The van der Waals surface area contributed by atoms with Gasteiger partial charge in [0.25, 0.3) is 0 Å². The van der Waals surface area contributed by atoms with Crippen LogP contribution in [-0.4, -0.2) is 6.54 Å². The van der Waals surface area contributed by atoms with Crippen LogP contribution < -0.4 is 5.32 Å². The van der Waals surface area contributed by atoms with Gasteiger partial charge in [-0.25, -0.2) is 0 Å². The molecule has 1 aromatic rings. The highest BCUT2D eigenvalue weighted by atomic mass is 14.9. The lowest BCUT2D eigenvalue weighted by molar-refractivity contribution is 0.495. The molecule has 0 saturated heterocycles. The third kappa shape index (κ3) is 4.16. The minimum absolute atomic E-state index is 0.537. The van der Waals surface area contributed by atoms with Crippen LogP contribution in [0, 0.1) is 12.8 Å². The summed E-state index contributed by atoms with van der Waals surface area (Å²) < 4.78 is 0. The maximum Gasteiger partial charge on any atom is 0.0317 e. The number of aryl methyl sites for hydroxylation is 1. The number of rotatable bonds is 7. The van der Waals surface area contributed by atoms with E-state index in [1.807, 2.05) is 0 Å². The normalized spacial score (nSPS) is 17.1. The first-order valence-electron chi connectivity index (χ1n) is 7.09. The van der Waals surface area contributed by atoms with E-state index < -0.39 is 0 Å². The Morgan fingerprint density at radius 2 is 1.94 bits per heavy atom. The van der Waals surface area contributed by atoms with E-state index in [1.165, 1.54) is 49.8 Å². The van der Waals surface area contributed by atoms with Gasteiger partial charge >= 0.3 is 0 Å². The monoisotopic (exact) mass is 231 g/mol. The van der Waals surface area contributed by atoms with Gasteiger partial charge in [-0.15, -0.1) is 0 Å². The van der Waals surface area contributed by atoms with E-state index in [9.17, 15) is 0 Å². The fourth-order valence-corrected chi connectivity index (χ4v) is 2.37. The molecule has 94 valence electrons. The fraction of sp³-hybridized carbons (Fsp3) is 0.625. The van der Waals surface area contributed by atoms with E-state index in [0.717, 1.165) is 5.92 Å². The Hall–Kier alpha value is -0.820. The van der Waals surface area contributed by atoms with E-state index in [4.69, 9.17) is 0 Å². The molecule has 1 aliphatic carbocycles. The van der Waals surface area contributed by atoms with Crippen LogP contribution in [0.1, 0.15) is 56.2 Å². The van der Waals surface area contributed by atoms with Gasteiger partial charge in [0, 0.05) is 6.04 Å². The second kappa shape index (κ2) is 6.20. The summed E-state index contributed by atoms with van der Waals surface area (Å²) in [5.74, 6) is 1.07. The predicted octanol–water partition coefficient (Wildman–Crippen LogP) is 4.23. The highest BCUT2D eigenvalue weighted by Crippen LogP contribution is 2.33. The summed E-state index contributed by atoms with van der Waals surface area (Å²) in [7, 11) is 0. The van der Waals surface area contributed by atoms with Crippen molar-refractivity contribution in [1.29, 1.82) is 0 Å². The fourth-order valence-electron chi connectivity index (χ4n) is 2.37. The van der Waals surface area contributed by atoms with Crippen molar-refractivity contribution < 1.29 is 0 Å². The van der Waals surface area contributed by atoms with Gasteiger partial charge in [-0.3, -0.25) is 0 Å². The summed E-state index contributed by atoms with van der Waals surface area (Å²) in [6.45, 7) is 5.58. The average Bonchev–Trinajstić information content (AvgIpc) is 3.15. The Balaban J connectivity index is 1.76. The molecule has 0 heterocycles. The van der Waals surface area contributed by atoms with E-state index in [2.05, 4.69) is 43.4 Å². The lowest BCUT2D eigenvalue weighted by Gasteiger charge is -2.17. The zero-order valence-electron chi connectivity index (χ0n) is 11.2. The van der Waals surface area contributed by atoms with Gasteiger partial charge in [0.15, 0.2) is 0 Å². The van der Waals surface area contributed by atoms with E-state index >= 15 is 0 Å². The van der Waals surface area contributed by atoms with Crippen LogP contribution in [0.4, 0.5) is 0 Å². The first kappa shape index (κ1) is 12.6. The topological polar surface area (TPSA) is 12.0 Å². The van der Waals surface area contributed by atoms with Crippen molar-refractivity contribution in [3.05, 3.63) is 35.4 Å². The maximum absolute atomic E-state index is 3.69. The molecule has 0 bridgehead atoms. The molecule has 1 unspecified atom stereocenters. The highest BCUT2D eigenvalue weighted by Gasteiger charge is 2.20. The highest BCUT2D eigenvalue weighted by molar-refractivity contribution is 5.23. The Bertz CT molecular complexity index is 324.